The maximum Gasteiger partial charge on any atom is 0.338 e. The zero-order valence-electron chi connectivity index (χ0n) is 16.4. The third-order valence-corrected chi connectivity index (χ3v) is 5.24. The molecule has 0 radical (unpaired) electrons. The van der Waals surface area contributed by atoms with Gasteiger partial charge in [0.2, 0.25) is 0 Å². The lowest BCUT2D eigenvalue weighted by molar-refractivity contribution is 0.0526. The van der Waals surface area contributed by atoms with Crippen LogP contribution in [0.5, 0.6) is 0 Å². The third kappa shape index (κ3) is 5.03. The van der Waals surface area contributed by atoms with E-state index in [1.807, 2.05) is 13.8 Å². The van der Waals surface area contributed by atoms with Gasteiger partial charge in [0, 0.05) is 23.2 Å². The fourth-order valence-electron chi connectivity index (χ4n) is 2.63. The quantitative estimate of drug-likeness (QED) is 0.455. The molecule has 150 valence electrons. The Morgan fingerprint density at radius 1 is 1.17 bits per heavy atom. The summed E-state index contributed by atoms with van der Waals surface area (Å²) in [6, 6.07) is 10.0. The Hall–Kier alpha value is -3.13. The van der Waals surface area contributed by atoms with Gasteiger partial charge in [-0.3, -0.25) is 4.79 Å². The molecular formula is C21H21N3O4S. The van der Waals surface area contributed by atoms with Gasteiger partial charge in [-0.15, -0.1) is 11.8 Å². The van der Waals surface area contributed by atoms with E-state index in [-0.39, 0.29) is 5.91 Å². The van der Waals surface area contributed by atoms with Crippen LogP contribution in [0.1, 0.15) is 44.7 Å². The highest BCUT2D eigenvalue weighted by Gasteiger charge is 2.16. The molecule has 0 fully saturated rings. The number of hydrogen-bond acceptors (Lipinski definition) is 7. The van der Waals surface area contributed by atoms with E-state index in [0.717, 1.165) is 17.0 Å². The number of esters is 1. The van der Waals surface area contributed by atoms with Crippen molar-refractivity contribution in [2.24, 2.45) is 0 Å². The van der Waals surface area contributed by atoms with Crippen LogP contribution in [0.3, 0.4) is 0 Å². The van der Waals surface area contributed by atoms with Crippen LogP contribution in [0.2, 0.25) is 0 Å². The molecule has 8 heteroatoms. The van der Waals surface area contributed by atoms with Crippen LogP contribution >= 0.6 is 11.8 Å². The van der Waals surface area contributed by atoms with E-state index in [1.54, 1.807) is 49.5 Å². The van der Waals surface area contributed by atoms with Gasteiger partial charge < -0.3 is 14.6 Å². The molecule has 0 atom stereocenters. The lowest BCUT2D eigenvalue weighted by atomic mass is 10.2. The van der Waals surface area contributed by atoms with Gasteiger partial charge in [0.05, 0.1) is 23.4 Å². The molecule has 0 bridgehead atoms. The lowest BCUT2D eigenvalue weighted by Crippen LogP contribution is -2.14. The van der Waals surface area contributed by atoms with Crippen molar-refractivity contribution in [3.63, 3.8) is 0 Å². The molecule has 0 spiro atoms. The van der Waals surface area contributed by atoms with Crippen LogP contribution in [-0.2, 0) is 10.5 Å². The molecule has 3 aromatic rings. The monoisotopic (exact) mass is 411 g/mol. The number of aromatic nitrogens is 2. The van der Waals surface area contributed by atoms with Crippen LogP contribution in [-0.4, -0.2) is 28.6 Å². The molecule has 1 amide bonds. The predicted octanol–water partition coefficient (Wildman–Crippen LogP) is 4.41. The number of nitrogens with one attached hydrogen (secondary N) is 1. The highest BCUT2D eigenvalue weighted by molar-refractivity contribution is 7.98. The Labute approximate surface area is 172 Å². The van der Waals surface area contributed by atoms with Gasteiger partial charge in [-0.2, -0.15) is 0 Å². The summed E-state index contributed by atoms with van der Waals surface area (Å²) < 4.78 is 10.1. The zero-order chi connectivity index (χ0) is 20.8. The smallest absolute Gasteiger partial charge is 0.338 e. The first kappa shape index (κ1) is 20.6. The van der Waals surface area contributed by atoms with Crippen LogP contribution in [0.25, 0.3) is 0 Å². The Bertz CT molecular complexity index is 996. The largest absolute Gasteiger partial charge is 0.462 e. The molecular weight excluding hydrogens is 390 g/mol. The van der Waals surface area contributed by atoms with E-state index in [1.165, 1.54) is 11.8 Å². The average molecular weight is 411 g/mol. The van der Waals surface area contributed by atoms with E-state index in [0.29, 0.717) is 34.2 Å². The highest BCUT2D eigenvalue weighted by atomic mass is 32.2. The van der Waals surface area contributed by atoms with Crippen molar-refractivity contribution in [1.82, 2.24) is 10.1 Å². The second-order valence-corrected chi connectivity index (χ2v) is 7.16. The standard InChI is InChI=1S/C21H21N3O4S/c1-4-27-21(26)15-7-9-16(10-8-15)23-19(25)17-6-5-11-22-20(17)29-12-18-13(2)24-28-14(18)3/h5-11H,4,12H2,1-3H3,(H,23,25). The second kappa shape index (κ2) is 9.38. The van der Waals surface area contributed by atoms with E-state index >= 15 is 0 Å². The van der Waals surface area contributed by atoms with Crippen molar-refractivity contribution in [1.29, 1.82) is 0 Å². The first-order valence-electron chi connectivity index (χ1n) is 9.07. The number of hydrogen-bond donors (Lipinski definition) is 1. The van der Waals surface area contributed by atoms with Crippen molar-refractivity contribution in [2.75, 3.05) is 11.9 Å². The van der Waals surface area contributed by atoms with Gasteiger partial charge in [0.1, 0.15) is 10.8 Å². The first-order chi connectivity index (χ1) is 14.0. The van der Waals surface area contributed by atoms with E-state index in [9.17, 15) is 9.59 Å². The average Bonchev–Trinajstić information content (AvgIpc) is 3.05. The molecule has 2 heterocycles. The van der Waals surface area contributed by atoms with Gasteiger partial charge in [-0.05, 0) is 57.2 Å². The number of amides is 1. The first-order valence-corrected chi connectivity index (χ1v) is 10.1. The Kier molecular flexibility index (Phi) is 6.66. The summed E-state index contributed by atoms with van der Waals surface area (Å²) in [6.07, 6.45) is 1.65. The van der Waals surface area contributed by atoms with Crippen LogP contribution < -0.4 is 5.32 Å². The van der Waals surface area contributed by atoms with E-state index in [2.05, 4.69) is 15.5 Å². The fourth-order valence-corrected chi connectivity index (χ4v) is 3.77. The molecule has 2 aromatic heterocycles. The molecule has 1 N–H and O–H groups in total. The van der Waals surface area contributed by atoms with E-state index in [4.69, 9.17) is 9.26 Å². The van der Waals surface area contributed by atoms with Gasteiger partial charge in [0.25, 0.3) is 5.91 Å². The summed E-state index contributed by atoms with van der Waals surface area (Å²) in [5.41, 5.74) is 3.31. The van der Waals surface area contributed by atoms with Crippen molar-refractivity contribution in [3.05, 3.63) is 70.7 Å². The molecule has 7 nitrogen and oxygen atoms in total. The number of benzene rings is 1. The van der Waals surface area contributed by atoms with Crippen LogP contribution in [0.4, 0.5) is 5.69 Å². The normalized spacial score (nSPS) is 10.6. The fraction of sp³-hybridized carbons (Fsp3) is 0.238. The Morgan fingerprint density at radius 3 is 2.59 bits per heavy atom. The Morgan fingerprint density at radius 2 is 1.93 bits per heavy atom. The zero-order valence-corrected chi connectivity index (χ0v) is 17.2. The number of aryl methyl sites for hydroxylation is 2. The van der Waals surface area contributed by atoms with Crippen LogP contribution in [0.15, 0.2) is 52.1 Å². The van der Waals surface area contributed by atoms with Crippen LogP contribution in [0, 0.1) is 13.8 Å². The van der Waals surface area contributed by atoms with Gasteiger partial charge in [-0.1, -0.05) is 5.16 Å². The number of rotatable bonds is 7. The maximum absolute atomic E-state index is 12.8. The van der Waals surface area contributed by atoms with Gasteiger partial charge >= 0.3 is 5.97 Å². The summed E-state index contributed by atoms with van der Waals surface area (Å²) in [4.78, 5) is 28.8. The molecule has 0 aliphatic heterocycles. The number of anilines is 1. The summed E-state index contributed by atoms with van der Waals surface area (Å²) >= 11 is 1.45. The van der Waals surface area contributed by atoms with Gasteiger partial charge in [-0.25, -0.2) is 9.78 Å². The number of carbonyl (C=O) groups excluding carboxylic acids is 2. The third-order valence-electron chi connectivity index (χ3n) is 4.20. The minimum absolute atomic E-state index is 0.275. The summed E-state index contributed by atoms with van der Waals surface area (Å²) in [5, 5.41) is 7.41. The number of ether oxygens (including phenoxy) is 1. The Balaban J connectivity index is 1.70. The van der Waals surface area contributed by atoms with Gasteiger partial charge in [0.15, 0.2) is 0 Å². The lowest BCUT2D eigenvalue weighted by Gasteiger charge is -2.09. The number of thioether (sulfide) groups is 1. The van der Waals surface area contributed by atoms with Crippen molar-refractivity contribution in [2.45, 2.75) is 31.6 Å². The minimum atomic E-state index is -0.393. The minimum Gasteiger partial charge on any atom is -0.462 e. The summed E-state index contributed by atoms with van der Waals surface area (Å²) in [7, 11) is 0. The molecule has 0 unspecified atom stereocenters. The van der Waals surface area contributed by atoms with Crippen molar-refractivity contribution < 1.29 is 18.8 Å². The molecule has 3 rings (SSSR count). The van der Waals surface area contributed by atoms with Crippen molar-refractivity contribution >= 4 is 29.3 Å². The van der Waals surface area contributed by atoms with E-state index < -0.39 is 5.97 Å². The highest BCUT2D eigenvalue weighted by Crippen LogP contribution is 2.27. The number of nitrogens with zero attached hydrogens (tertiary/aromatic N) is 2. The molecule has 0 saturated heterocycles. The number of pyridine rings is 1. The van der Waals surface area contributed by atoms with Crippen molar-refractivity contribution in [3.8, 4) is 0 Å². The topological polar surface area (TPSA) is 94.3 Å². The summed E-state index contributed by atoms with van der Waals surface area (Å²) in [5.74, 6) is 0.699. The molecule has 1 aromatic carbocycles. The maximum atomic E-state index is 12.8. The predicted molar refractivity (Wildman–Crippen MR) is 110 cm³/mol. The molecule has 0 aliphatic rings. The second-order valence-electron chi connectivity index (χ2n) is 6.20. The molecule has 0 saturated carbocycles. The number of carbonyl (C=O) groups is 2. The molecule has 0 aliphatic carbocycles. The SMILES string of the molecule is CCOC(=O)c1ccc(NC(=O)c2cccnc2SCc2c(C)noc2C)cc1. The molecule has 29 heavy (non-hydrogen) atoms. The summed E-state index contributed by atoms with van der Waals surface area (Å²) in [6.45, 7) is 5.81.